The first-order valence-corrected chi connectivity index (χ1v) is 8.22. The van der Waals surface area contributed by atoms with Crippen LogP contribution in [-0.4, -0.2) is 31.5 Å². The summed E-state index contributed by atoms with van der Waals surface area (Å²) < 4.78 is 0. The molecule has 0 atom stereocenters. The SMILES string of the molecule is O=c1[nH]c(-c2ccncc2)nc2c1CCN(Cc1cccc(O)c1)C2. The molecule has 0 radical (unpaired) electrons. The number of aromatic hydroxyl groups is 1. The molecule has 0 amide bonds. The molecule has 1 aliphatic rings. The zero-order valence-electron chi connectivity index (χ0n) is 13.6. The second-order valence-corrected chi connectivity index (χ2v) is 6.21. The number of fused-ring (bicyclic) bond motifs is 1. The van der Waals surface area contributed by atoms with Gasteiger partial charge in [0.1, 0.15) is 11.6 Å². The molecule has 0 spiro atoms. The number of benzene rings is 1. The summed E-state index contributed by atoms with van der Waals surface area (Å²) in [5.41, 5.74) is 3.42. The number of phenolic OH excluding ortho intramolecular Hbond substituents is 1. The van der Waals surface area contributed by atoms with Gasteiger partial charge in [-0.15, -0.1) is 0 Å². The summed E-state index contributed by atoms with van der Waals surface area (Å²) in [6.45, 7) is 2.13. The molecule has 3 aromatic rings. The van der Waals surface area contributed by atoms with Crippen LogP contribution >= 0.6 is 0 Å². The van der Waals surface area contributed by atoms with E-state index < -0.39 is 0 Å². The van der Waals surface area contributed by atoms with Crippen LogP contribution in [0.5, 0.6) is 5.75 Å². The average molecular weight is 334 g/mol. The number of phenols is 1. The normalized spacial score (nSPS) is 14.2. The summed E-state index contributed by atoms with van der Waals surface area (Å²) in [6, 6.07) is 10.9. The Morgan fingerprint density at radius 1 is 1.20 bits per heavy atom. The van der Waals surface area contributed by atoms with Crippen molar-refractivity contribution >= 4 is 0 Å². The number of H-pyrrole nitrogens is 1. The zero-order chi connectivity index (χ0) is 17.2. The molecule has 0 bridgehead atoms. The van der Waals surface area contributed by atoms with Crippen LogP contribution in [-0.2, 0) is 19.5 Å². The van der Waals surface area contributed by atoms with E-state index >= 15 is 0 Å². The van der Waals surface area contributed by atoms with Gasteiger partial charge in [0.25, 0.3) is 5.56 Å². The Labute approximate surface area is 144 Å². The van der Waals surface area contributed by atoms with E-state index in [-0.39, 0.29) is 11.3 Å². The van der Waals surface area contributed by atoms with Crippen LogP contribution in [0, 0.1) is 0 Å². The van der Waals surface area contributed by atoms with Gasteiger partial charge >= 0.3 is 0 Å². The summed E-state index contributed by atoms with van der Waals surface area (Å²) in [7, 11) is 0. The maximum absolute atomic E-state index is 12.4. The van der Waals surface area contributed by atoms with Gasteiger partial charge < -0.3 is 10.1 Å². The van der Waals surface area contributed by atoms with Crippen molar-refractivity contribution in [1.29, 1.82) is 0 Å². The van der Waals surface area contributed by atoms with Crippen molar-refractivity contribution in [2.24, 2.45) is 0 Å². The van der Waals surface area contributed by atoms with Crippen molar-refractivity contribution in [3.05, 3.63) is 76.0 Å². The fourth-order valence-electron chi connectivity index (χ4n) is 3.19. The first kappa shape index (κ1) is 15.5. The third-order valence-electron chi connectivity index (χ3n) is 4.42. The summed E-state index contributed by atoms with van der Waals surface area (Å²) in [6.07, 6.45) is 4.04. The van der Waals surface area contributed by atoms with Gasteiger partial charge in [-0.3, -0.25) is 14.7 Å². The molecule has 0 saturated carbocycles. The minimum absolute atomic E-state index is 0.0613. The number of nitrogens with zero attached hydrogens (tertiary/aromatic N) is 3. The highest BCUT2D eigenvalue weighted by molar-refractivity contribution is 5.54. The molecule has 4 rings (SSSR count). The van der Waals surface area contributed by atoms with Crippen molar-refractivity contribution in [2.75, 3.05) is 6.54 Å². The number of aromatic nitrogens is 3. The van der Waals surface area contributed by atoms with Crippen molar-refractivity contribution in [3.8, 4) is 17.1 Å². The Hall–Kier alpha value is -2.99. The first-order chi connectivity index (χ1) is 12.2. The molecular weight excluding hydrogens is 316 g/mol. The van der Waals surface area contributed by atoms with Crippen LogP contribution in [0.4, 0.5) is 0 Å². The maximum Gasteiger partial charge on any atom is 0.254 e. The molecule has 3 heterocycles. The maximum atomic E-state index is 12.4. The Morgan fingerprint density at radius 3 is 2.84 bits per heavy atom. The Balaban J connectivity index is 1.61. The van der Waals surface area contributed by atoms with Crippen molar-refractivity contribution in [3.63, 3.8) is 0 Å². The van der Waals surface area contributed by atoms with E-state index in [2.05, 4.69) is 19.9 Å². The largest absolute Gasteiger partial charge is 0.508 e. The Morgan fingerprint density at radius 2 is 2.04 bits per heavy atom. The number of hydrogen-bond donors (Lipinski definition) is 2. The van der Waals surface area contributed by atoms with Crippen LogP contribution in [0.2, 0.25) is 0 Å². The topological polar surface area (TPSA) is 82.1 Å². The minimum atomic E-state index is -0.0613. The Kier molecular flexibility index (Phi) is 4.03. The summed E-state index contributed by atoms with van der Waals surface area (Å²) in [5.74, 6) is 0.842. The quantitative estimate of drug-likeness (QED) is 0.766. The van der Waals surface area contributed by atoms with Crippen molar-refractivity contribution in [2.45, 2.75) is 19.5 Å². The van der Waals surface area contributed by atoms with Crippen LogP contribution in [0.1, 0.15) is 16.8 Å². The molecule has 2 N–H and O–H groups in total. The molecule has 2 aromatic heterocycles. The number of pyridine rings is 1. The van der Waals surface area contributed by atoms with Crippen LogP contribution in [0.15, 0.2) is 53.6 Å². The molecule has 0 fully saturated rings. The molecule has 0 saturated heterocycles. The number of rotatable bonds is 3. The predicted octanol–water partition coefficient (Wildman–Crippen LogP) is 2.10. The molecule has 25 heavy (non-hydrogen) atoms. The molecule has 0 aliphatic carbocycles. The zero-order valence-corrected chi connectivity index (χ0v) is 13.6. The van der Waals surface area contributed by atoms with Crippen molar-refractivity contribution in [1.82, 2.24) is 19.9 Å². The van der Waals surface area contributed by atoms with Crippen LogP contribution < -0.4 is 5.56 Å². The predicted molar refractivity (Wildman–Crippen MR) is 94.0 cm³/mol. The van der Waals surface area contributed by atoms with Crippen molar-refractivity contribution < 1.29 is 5.11 Å². The van der Waals surface area contributed by atoms with E-state index in [1.807, 2.05) is 24.3 Å². The van der Waals surface area contributed by atoms with Gasteiger partial charge in [-0.25, -0.2) is 4.98 Å². The first-order valence-electron chi connectivity index (χ1n) is 8.22. The second kappa shape index (κ2) is 6.49. The standard InChI is InChI=1S/C19H18N4O2/c24-15-3-1-2-13(10-15)11-23-9-6-16-17(12-23)21-18(22-19(16)25)14-4-7-20-8-5-14/h1-5,7-8,10,24H,6,9,11-12H2,(H,21,22,25). The summed E-state index contributed by atoms with van der Waals surface area (Å²) >= 11 is 0. The third kappa shape index (κ3) is 3.29. The van der Waals surface area contributed by atoms with E-state index in [0.29, 0.717) is 25.3 Å². The van der Waals surface area contributed by atoms with E-state index in [0.717, 1.165) is 28.9 Å². The van der Waals surface area contributed by atoms with Gasteiger partial charge in [0.15, 0.2) is 0 Å². The monoisotopic (exact) mass is 334 g/mol. The number of hydrogen-bond acceptors (Lipinski definition) is 5. The lowest BCUT2D eigenvalue weighted by atomic mass is 10.0. The van der Waals surface area contributed by atoms with E-state index in [1.54, 1.807) is 24.5 Å². The molecule has 126 valence electrons. The number of aromatic amines is 1. The average Bonchev–Trinajstić information content (AvgIpc) is 2.62. The second-order valence-electron chi connectivity index (χ2n) is 6.21. The smallest absolute Gasteiger partial charge is 0.254 e. The molecular formula is C19H18N4O2. The highest BCUT2D eigenvalue weighted by Crippen LogP contribution is 2.20. The highest BCUT2D eigenvalue weighted by atomic mass is 16.3. The molecule has 6 nitrogen and oxygen atoms in total. The lowest BCUT2D eigenvalue weighted by Crippen LogP contribution is -2.35. The van der Waals surface area contributed by atoms with Gasteiger partial charge in [-0.05, 0) is 36.2 Å². The third-order valence-corrected chi connectivity index (χ3v) is 4.42. The molecule has 1 aromatic carbocycles. The van der Waals surface area contributed by atoms with Gasteiger partial charge in [-0.2, -0.15) is 0 Å². The molecule has 1 aliphatic heterocycles. The van der Waals surface area contributed by atoms with Gasteiger partial charge in [0.05, 0.1) is 5.69 Å². The van der Waals surface area contributed by atoms with Crippen LogP contribution in [0.3, 0.4) is 0 Å². The van der Waals surface area contributed by atoms with E-state index in [1.165, 1.54) is 0 Å². The van der Waals surface area contributed by atoms with E-state index in [4.69, 9.17) is 0 Å². The van der Waals surface area contributed by atoms with Gasteiger partial charge in [0, 0.05) is 43.2 Å². The lowest BCUT2D eigenvalue weighted by molar-refractivity contribution is 0.240. The van der Waals surface area contributed by atoms with Gasteiger partial charge in [0.2, 0.25) is 0 Å². The highest BCUT2D eigenvalue weighted by Gasteiger charge is 2.21. The molecule has 0 unspecified atom stereocenters. The fourth-order valence-corrected chi connectivity index (χ4v) is 3.19. The fraction of sp³-hybridized carbons (Fsp3) is 0.211. The molecule has 6 heteroatoms. The van der Waals surface area contributed by atoms with E-state index in [9.17, 15) is 9.90 Å². The number of nitrogens with one attached hydrogen (secondary N) is 1. The summed E-state index contributed by atoms with van der Waals surface area (Å²) in [4.78, 5) is 26.2. The Bertz CT molecular complexity index is 953. The van der Waals surface area contributed by atoms with Gasteiger partial charge in [-0.1, -0.05) is 12.1 Å². The summed E-state index contributed by atoms with van der Waals surface area (Å²) in [5, 5.41) is 9.62. The minimum Gasteiger partial charge on any atom is -0.508 e. The lowest BCUT2D eigenvalue weighted by Gasteiger charge is -2.27. The van der Waals surface area contributed by atoms with Crippen LogP contribution in [0.25, 0.3) is 11.4 Å².